The van der Waals surface area contributed by atoms with E-state index in [1.54, 1.807) is 19.8 Å². The standard InChI is InChI=1S/C21H28N6O/c1-4-15(2)21-18-12-26(8-7-19(18)24-25-21)10-16-5-6-20(28-3)17(9-16)11-27-14-22-13-23-27/h5-6,9,13-15H,4,7-8,10-12H2,1-3H3,(H,24,25). The highest BCUT2D eigenvalue weighted by Crippen LogP contribution is 2.29. The fourth-order valence-corrected chi connectivity index (χ4v) is 3.91. The molecule has 28 heavy (non-hydrogen) atoms. The SMILES string of the molecule is CCC(C)c1n[nH]c2c1CN(Cc1ccc(OC)c(Cn3cncn3)c1)CC2. The Morgan fingerprint density at radius 3 is 2.93 bits per heavy atom. The van der Waals surface area contributed by atoms with Crippen LogP contribution in [0.1, 0.15) is 54.3 Å². The average molecular weight is 380 g/mol. The molecular formula is C21H28N6O. The van der Waals surface area contributed by atoms with Crippen molar-refractivity contribution in [3.63, 3.8) is 0 Å². The summed E-state index contributed by atoms with van der Waals surface area (Å²) in [6.07, 6.45) is 5.43. The molecule has 0 spiro atoms. The van der Waals surface area contributed by atoms with E-state index in [0.717, 1.165) is 43.8 Å². The number of hydrogen-bond donors (Lipinski definition) is 1. The number of benzene rings is 1. The van der Waals surface area contributed by atoms with Crippen LogP contribution >= 0.6 is 0 Å². The van der Waals surface area contributed by atoms with Gasteiger partial charge in [-0.3, -0.25) is 10.00 Å². The van der Waals surface area contributed by atoms with E-state index >= 15 is 0 Å². The van der Waals surface area contributed by atoms with Crippen LogP contribution in [0, 0.1) is 0 Å². The van der Waals surface area contributed by atoms with Crippen molar-refractivity contribution in [1.29, 1.82) is 0 Å². The molecule has 148 valence electrons. The number of fused-ring (bicyclic) bond motifs is 1. The average Bonchev–Trinajstić information content (AvgIpc) is 3.37. The summed E-state index contributed by atoms with van der Waals surface area (Å²) in [5, 5.41) is 12.1. The zero-order valence-corrected chi connectivity index (χ0v) is 16.9. The van der Waals surface area contributed by atoms with Crippen molar-refractivity contribution in [3.8, 4) is 5.75 Å². The highest BCUT2D eigenvalue weighted by molar-refractivity contribution is 5.38. The van der Waals surface area contributed by atoms with E-state index in [1.165, 1.54) is 22.5 Å². The van der Waals surface area contributed by atoms with Crippen LogP contribution in [0.5, 0.6) is 5.75 Å². The number of nitrogens with one attached hydrogen (secondary N) is 1. The van der Waals surface area contributed by atoms with Gasteiger partial charge in [-0.15, -0.1) is 0 Å². The lowest BCUT2D eigenvalue weighted by atomic mass is 9.96. The van der Waals surface area contributed by atoms with Gasteiger partial charge in [-0.1, -0.05) is 19.9 Å². The number of nitrogens with zero attached hydrogens (tertiary/aromatic N) is 5. The normalized spacial score (nSPS) is 15.4. The minimum Gasteiger partial charge on any atom is -0.496 e. The van der Waals surface area contributed by atoms with E-state index in [0.29, 0.717) is 12.5 Å². The Hall–Kier alpha value is -2.67. The minimum atomic E-state index is 0.496. The van der Waals surface area contributed by atoms with Crippen LogP contribution in [0.25, 0.3) is 0 Å². The molecule has 0 saturated heterocycles. The largest absolute Gasteiger partial charge is 0.496 e. The molecule has 0 radical (unpaired) electrons. The van der Waals surface area contributed by atoms with E-state index in [2.05, 4.69) is 57.2 Å². The Bertz CT molecular complexity index is 917. The first kappa shape index (κ1) is 18.7. The Morgan fingerprint density at radius 2 is 2.18 bits per heavy atom. The van der Waals surface area contributed by atoms with Crippen LogP contribution in [0.15, 0.2) is 30.9 Å². The van der Waals surface area contributed by atoms with Gasteiger partial charge in [0.1, 0.15) is 18.4 Å². The molecule has 3 aromatic rings. The maximum Gasteiger partial charge on any atom is 0.137 e. The van der Waals surface area contributed by atoms with E-state index < -0.39 is 0 Å². The van der Waals surface area contributed by atoms with Crippen LogP contribution < -0.4 is 4.74 Å². The highest BCUT2D eigenvalue weighted by atomic mass is 16.5. The molecule has 7 heteroatoms. The maximum atomic E-state index is 5.54. The van der Waals surface area contributed by atoms with Gasteiger partial charge >= 0.3 is 0 Å². The van der Waals surface area contributed by atoms with Gasteiger partial charge in [0, 0.05) is 48.8 Å². The van der Waals surface area contributed by atoms with E-state index in [4.69, 9.17) is 4.74 Å². The monoisotopic (exact) mass is 380 g/mol. The molecule has 1 aromatic carbocycles. The van der Waals surface area contributed by atoms with Gasteiger partial charge in [0.2, 0.25) is 0 Å². The van der Waals surface area contributed by atoms with Crippen LogP contribution in [-0.4, -0.2) is 43.5 Å². The lowest BCUT2D eigenvalue weighted by Crippen LogP contribution is -2.30. The van der Waals surface area contributed by atoms with Crippen molar-refractivity contribution in [2.45, 2.75) is 52.2 Å². The fourth-order valence-electron chi connectivity index (χ4n) is 3.91. The van der Waals surface area contributed by atoms with Gasteiger partial charge < -0.3 is 4.74 Å². The molecule has 1 unspecified atom stereocenters. The zero-order chi connectivity index (χ0) is 19.5. The number of aromatic nitrogens is 5. The van der Waals surface area contributed by atoms with Gasteiger partial charge in [0.05, 0.1) is 19.3 Å². The molecule has 1 N–H and O–H groups in total. The Labute approximate surface area is 165 Å². The fraction of sp³-hybridized carbons (Fsp3) is 0.476. The van der Waals surface area contributed by atoms with Crippen molar-refractivity contribution in [2.75, 3.05) is 13.7 Å². The van der Waals surface area contributed by atoms with Crippen LogP contribution in [0.3, 0.4) is 0 Å². The predicted molar refractivity (Wildman–Crippen MR) is 107 cm³/mol. The van der Waals surface area contributed by atoms with E-state index in [-0.39, 0.29) is 0 Å². The Morgan fingerprint density at radius 1 is 1.29 bits per heavy atom. The number of rotatable bonds is 7. The van der Waals surface area contributed by atoms with Crippen molar-refractivity contribution < 1.29 is 4.74 Å². The smallest absolute Gasteiger partial charge is 0.137 e. The molecule has 1 aliphatic rings. The first-order valence-electron chi connectivity index (χ1n) is 9.94. The van der Waals surface area contributed by atoms with Crippen molar-refractivity contribution >= 4 is 0 Å². The molecule has 3 heterocycles. The first-order chi connectivity index (χ1) is 13.7. The van der Waals surface area contributed by atoms with Crippen molar-refractivity contribution in [2.24, 2.45) is 0 Å². The lowest BCUT2D eigenvalue weighted by molar-refractivity contribution is 0.243. The number of H-pyrrole nitrogens is 1. The predicted octanol–water partition coefficient (Wildman–Crippen LogP) is 3.13. The topological polar surface area (TPSA) is 71.9 Å². The van der Waals surface area contributed by atoms with Gasteiger partial charge in [-0.05, 0) is 24.1 Å². The van der Waals surface area contributed by atoms with E-state index in [9.17, 15) is 0 Å². The number of ether oxygens (including phenoxy) is 1. The molecule has 0 aliphatic carbocycles. The highest BCUT2D eigenvalue weighted by Gasteiger charge is 2.24. The molecule has 1 atom stereocenters. The molecule has 1 aliphatic heterocycles. The van der Waals surface area contributed by atoms with Gasteiger partial charge in [-0.25, -0.2) is 9.67 Å². The molecule has 2 aromatic heterocycles. The molecule has 0 amide bonds. The number of hydrogen-bond acceptors (Lipinski definition) is 5. The summed E-state index contributed by atoms with van der Waals surface area (Å²) < 4.78 is 7.36. The second-order valence-corrected chi connectivity index (χ2v) is 7.58. The third-order valence-corrected chi connectivity index (χ3v) is 5.67. The second kappa shape index (κ2) is 8.14. The quantitative estimate of drug-likeness (QED) is 0.682. The first-order valence-corrected chi connectivity index (χ1v) is 9.94. The summed E-state index contributed by atoms with van der Waals surface area (Å²) in [5.41, 5.74) is 6.36. The molecule has 0 saturated carbocycles. The molecule has 7 nitrogen and oxygen atoms in total. The second-order valence-electron chi connectivity index (χ2n) is 7.58. The third-order valence-electron chi connectivity index (χ3n) is 5.67. The Kier molecular flexibility index (Phi) is 5.43. The lowest BCUT2D eigenvalue weighted by Gasteiger charge is -2.28. The molecular weight excluding hydrogens is 352 g/mol. The maximum absolute atomic E-state index is 5.54. The summed E-state index contributed by atoms with van der Waals surface area (Å²) >= 11 is 0. The number of methoxy groups -OCH3 is 1. The van der Waals surface area contributed by atoms with Crippen LogP contribution in [-0.2, 0) is 26.1 Å². The molecule has 0 fully saturated rings. The van der Waals surface area contributed by atoms with Gasteiger partial charge in [-0.2, -0.15) is 10.2 Å². The summed E-state index contributed by atoms with van der Waals surface area (Å²) in [7, 11) is 1.71. The van der Waals surface area contributed by atoms with Crippen LogP contribution in [0.4, 0.5) is 0 Å². The zero-order valence-electron chi connectivity index (χ0n) is 16.9. The summed E-state index contributed by atoms with van der Waals surface area (Å²) in [6, 6.07) is 6.44. The molecule has 0 bridgehead atoms. The van der Waals surface area contributed by atoms with Gasteiger partial charge in [0.15, 0.2) is 0 Å². The summed E-state index contributed by atoms with van der Waals surface area (Å²) in [4.78, 5) is 6.53. The third kappa shape index (κ3) is 3.80. The summed E-state index contributed by atoms with van der Waals surface area (Å²) in [6.45, 7) is 8.05. The number of aromatic amines is 1. The van der Waals surface area contributed by atoms with Crippen LogP contribution in [0.2, 0.25) is 0 Å². The van der Waals surface area contributed by atoms with Gasteiger partial charge in [0.25, 0.3) is 0 Å². The minimum absolute atomic E-state index is 0.496. The molecule has 4 rings (SSSR count). The van der Waals surface area contributed by atoms with E-state index in [1.807, 2.05) is 4.68 Å². The van der Waals surface area contributed by atoms with Crippen molar-refractivity contribution in [1.82, 2.24) is 29.9 Å². The summed E-state index contributed by atoms with van der Waals surface area (Å²) in [5.74, 6) is 1.38. The van der Waals surface area contributed by atoms with Crippen molar-refractivity contribution in [3.05, 3.63) is 58.9 Å². The Balaban J connectivity index is 1.51.